The molecule has 0 atom stereocenters. The van der Waals surface area contributed by atoms with Crippen LogP contribution in [-0.2, 0) is 6.42 Å². The normalized spacial score (nSPS) is 9.88. The zero-order chi connectivity index (χ0) is 11.9. The van der Waals surface area contributed by atoms with E-state index >= 15 is 0 Å². The highest BCUT2D eigenvalue weighted by molar-refractivity contribution is 5.82. The number of carbonyl (C=O) groups excluding carboxylic acids is 1. The lowest BCUT2D eigenvalue weighted by atomic mass is 10.2. The van der Waals surface area contributed by atoms with Crippen molar-refractivity contribution in [1.82, 2.24) is 9.97 Å². The predicted octanol–water partition coefficient (Wildman–Crippen LogP) is 1.94. The summed E-state index contributed by atoms with van der Waals surface area (Å²) in [5.74, 6) is 0.624. The quantitative estimate of drug-likeness (QED) is 0.793. The first-order valence-corrected chi connectivity index (χ1v) is 5.44. The van der Waals surface area contributed by atoms with Crippen molar-refractivity contribution in [2.75, 3.05) is 11.9 Å². The lowest BCUT2D eigenvalue weighted by molar-refractivity contribution is 0.112. The average molecular weight is 227 g/mol. The number of nitrogens with zero attached hydrogens (tertiary/aromatic N) is 2. The largest absolute Gasteiger partial charge is 0.369 e. The molecule has 0 aromatic carbocycles. The number of aromatic nitrogens is 2. The second-order valence-corrected chi connectivity index (χ2v) is 3.56. The van der Waals surface area contributed by atoms with Crippen molar-refractivity contribution in [3.63, 3.8) is 0 Å². The van der Waals surface area contributed by atoms with E-state index in [9.17, 15) is 4.79 Å². The number of nitrogens with one attached hydrogen (secondary N) is 1. The van der Waals surface area contributed by atoms with Gasteiger partial charge >= 0.3 is 0 Å². The van der Waals surface area contributed by atoms with Crippen molar-refractivity contribution in [2.24, 2.45) is 0 Å². The van der Waals surface area contributed by atoms with Gasteiger partial charge in [-0.1, -0.05) is 6.07 Å². The van der Waals surface area contributed by atoms with Crippen molar-refractivity contribution in [3.8, 4) is 0 Å². The van der Waals surface area contributed by atoms with Crippen LogP contribution in [0.4, 0.5) is 5.82 Å². The Morgan fingerprint density at radius 1 is 1.12 bits per heavy atom. The second-order valence-electron chi connectivity index (χ2n) is 3.56. The summed E-state index contributed by atoms with van der Waals surface area (Å²) in [6, 6.07) is 9.30. The number of anilines is 1. The third kappa shape index (κ3) is 3.11. The van der Waals surface area contributed by atoms with E-state index in [1.807, 2.05) is 18.2 Å². The minimum absolute atomic E-state index is 0.577. The number of hydrogen-bond donors (Lipinski definition) is 1. The SMILES string of the molecule is O=Cc1cccnc1NCCc1ccccn1. The highest BCUT2D eigenvalue weighted by Crippen LogP contribution is 2.08. The summed E-state index contributed by atoms with van der Waals surface area (Å²) in [7, 11) is 0. The van der Waals surface area contributed by atoms with E-state index in [-0.39, 0.29) is 0 Å². The molecular formula is C13H13N3O. The van der Waals surface area contributed by atoms with Crippen LogP contribution in [0, 0.1) is 0 Å². The van der Waals surface area contributed by atoms with Crippen molar-refractivity contribution >= 4 is 12.1 Å². The number of hydrogen-bond acceptors (Lipinski definition) is 4. The summed E-state index contributed by atoms with van der Waals surface area (Å²) in [6.07, 6.45) is 5.04. The maximum atomic E-state index is 10.8. The Morgan fingerprint density at radius 2 is 2.00 bits per heavy atom. The van der Waals surface area contributed by atoms with Gasteiger partial charge in [0.1, 0.15) is 5.82 Å². The van der Waals surface area contributed by atoms with Gasteiger partial charge in [-0.3, -0.25) is 9.78 Å². The molecule has 1 N–H and O–H groups in total. The van der Waals surface area contributed by atoms with Crippen molar-refractivity contribution in [2.45, 2.75) is 6.42 Å². The third-order valence-electron chi connectivity index (χ3n) is 2.37. The summed E-state index contributed by atoms with van der Waals surface area (Å²) in [5.41, 5.74) is 1.59. The summed E-state index contributed by atoms with van der Waals surface area (Å²) < 4.78 is 0. The van der Waals surface area contributed by atoms with Gasteiger partial charge in [0.25, 0.3) is 0 Å². The lowest BCUT2D eigenvalue weighted by Gasteiger charge is -2.06. The standard InChI is InChI=1S/C13H13N3O/c17-10-11-4-3-8-15-13(11)16-9-6-12-5-1-2-7-14-12/h1-5,7-8,10H,6,9H2,(H,15,16). The fourth-order valence-corrected chi connectivity index (χ4v) is 1.52. The maximum absolute atomic E-state index is 10.8. The van der Waals surface area contributed by atoms with Crippen LogP contribution in [-0.4, -0.2) is 22.8 Å². The summed E-state index contributed by atoms with van der Waals surface area (Å²) in [4.78, 5) is 19.1. The summed E-state index contributed by atoms with van der Waals surface area (Å²) in [5, 5.41) is 3.13. The Balaban J connectivity index is 1.92. The van der Waals surface area contributed by atoms with Gasteiger partial charge in [-0.15, -0.1) is 0 Å². The topological polar surface area (TPSA) is 54.9 Å². The number of pyridine rings is 2. The first kappa shape index (κ1) is 11.3. The molecule has 2 aromatic heterocycles. The molecule has 0 fully saturated rings. The lowest BCUT2D eigenvalue weighted by Crippen LogP contribution is -2.08. The molecule has 4 nitrogen and oxygen atoms in total. The van der Waals surface area contributed by atoms with Gasteiger partial charge in [-0.05, 0) is 24.3 Å². The van der Waals surface area contributed by atoms with Gasteiger partial charge in [0.05, 0.1) is 5.56 Å². The number of carbonyl (C=O) groups is 1. The third-order valence-corrected chi connectivity index (χ3v) is 2.37. The highest BCUT2D eigenvalue weighted by atomic mass is 16.1. The van der Waals surface area contributed by atoms with Crippen LogP contribution in [0.3, 0.4) is 0 Å². The summed E-state index contributed by atoms with van der Waals surface area (Å²) in [6.45, 7) is 0.703. The van der Waals surface area contributed by atoms with Gasteiger partial charge in [0, 0.05) is 31.1 Å². The smallest absolute Gasteiger partial charge is 0.153 e. The van der Waals surface area contributed by atoms with Crippen LogP contribution in [0.1, 0.15) is 16.1 Å². The van der Waals surface area contributed by atoms with E-state index in [1.165, 1.54) is 0 Å². The Hall–Kier alpha value is -2.23. The minimum Gasteiger partial charge on any atom is -0.369 e. The minimum atomic E-state index is 0.577. The number of rotatable bonds is 5. The van der Waals surface area contributed by atoms with Crippen LogP contribution in [0.15, 0.2) is 42.7 Å². The Morgan fingerprint density at radius 3 is 2.76 bits per heavy atom. The van der Waals surface area contributed by atoms with E-state index in [0.29, 0.717) is 17.9 Å². The van der Waals surface area contributed by atoms with Gasteiger partial charge in [-0.2, -0.15) is 0 Å². The molecule has 4 heteroatoms. The first-order valence-electron chi connectivity index (χ1n) is 5.44. The monoisotopic (exact) mass is 227 g/mol. The molecule has 0 aliphatic heterocycles. The van der Waals surface area contributed by atoms with Crippen LogP contribution in [0.5, 0.6) is 0 Å². The van der Waals surface area contributed by atoms with Crippen LogP contribution >= 0.6 is 0 Å². The van der Waals surface area contributed by atoms with Gasteiger partial charge in [0.2, 0.25) is 0 Å². The highest BCUT2D eigenvalue weighted by Gasteiger charge is 2.01. The molecule has 86 valence electrons. The second kappa shape index (κ2) is 5.75. The molecular weight excluding hydrogens is 214 g/mol. The molecule has 0 radical (unpaired) electrons. The predicted molar refractivity (Wildman–Crippen MR) is 66.1 cm³/mol. The van der Waals surface area contributed by atoms with E-state index in [1.54, 1.807) is 24.5 Å². The average Bonchev–Trinajstić information content (AvgIpc) is 2.40. The first-order chi connectivity index (χ1) is 8.40. The molecule has 0 aliphatic rings. The zero-order valence-electron chi connectivity index (χ0n) is 9.34. The fraction of sp³-hybridized carbons (Fsp3) is 0.154. The zero-order valence-corrected chi connectivity index (χ0v) is 9.34. The molecule has 0 saturated carbocycles. The van der Waals surface area contributed by atoms with Crippen LogP contribution < -0.4 is 5.32 Å². The van der Waals surface area contributed by atoms with Crippen LogP contribution in [0.2, 0.25) is 0 Å². The molecule has 0 spiro atoms. The van der Waals surface area contributed by atoms with Crippen molar-refractivity contribution in [3.05, 3.63) is 54.0 Å². The van der Waals surface area contributed by atoms with E-state index in [0.717, 1.165) is 18.4 Å². The molecule has 0 aliphatic carbocycles. The van der Waals surface area contributed by atoms with Crippen LogP contribution in [0.25, 0.3) is 0 Å². The molecule has 2 aromatic rings. The summed E-state index contributed by atoms with van der Waals surface area (Å²) >= 11 is 0. The molecule has 0 unspecified atom stereocenters. The fourth-order valence-electron chi connectivity index (χ4n) is 1.52. The number of aldehydes is 1. The Labute approximate surface area is 99.7 Å². The molecule has 0 amide bonds. The van der Waals surface area contributed by atoms with Gasteiger partial charge in [-0.25, -0.2) is 4.98 Å². The molecule has 17 heavy (non-hydrogen) atoms. The van der Waals surface area contributed by atoms with E-state index < -0.39 is 0 Å². The van der Waals surface area contributed by atoms with E-state index in [2.05, 4.69) is 15.3 Å². The van der Waals surface area contributed by atoms with Gasteiger partial charge < -0.3 is 5.32 Å². The molecule has 2 heterocycles. The Kier molecular flexibility index (Phi) is 3.81. The van der Waals surface area contributed by atoms with E-state index in [4.69, 9.17) is 0 Å². The van der Waals surface area contributed by atoms with Crippen molar-refractivity contribution < 1.29 is 4.79 Å². The molecule has 2 rings (SSSR count). The molecule has 0 saturated heterocycles. The molecule has 0 bridgehead atoms. The van der Waals surface area contributed by atoms with Gasteiger partial charge in [0.15, 0.2) is 6.29 Å². The van der Waals surface area contributed by atoms with Crippen molar-refractivity contribution in [1.29, 1.82) is 0 Å². The maximum Gasteiger partial charge on any atom is 0.153 e. The Bertz CT molecular complexity index is 485.